The van der Waals surface area contributed by atoms with Gasteiger partial charge in [0.05, 0.1) is 5.02 Å². The maximum Gasteiger partial charge on any atom is 0.251 e. The van der Waals surface area contributed by atoms with E-state index < -0.39 is 0 Å². The van der Waals surface area contributed by atoms with Gasteiger partial charge in [0, 0.05) is 11.6 Å². The molecule has 0 radical (unpaired) electrons. The van der Waals surface area contributed by atoms with Crippen molar-refractivity contribution >= 4 is 17.5 Å². The number of rotatable bonds is 3. The van der Waals surface area contributed by atoms with Crippen LogP contribution in [0.4, 0.5) is 0 Å². The summed E-state index contributed by atoms with van der Waals surface area (Å²) in [4.78, 5) is 12.2. The minimum atomic E-state index is -0.109. The van der Waals surface area contributed by atoms with Gasteiger partial charge in [-0.15, -0.1) is 0 Å². The van der Waals surface area contributed by atoms with Crippen LogP contribution in [0.2, 0.25) is 5.02 Å². The molecular weight excluding hydrogens is 274 g/mol. The number of carbonyl (C=O) groups is 1. The highest BCUT2D eigenvalue weighted by Gasteiger charge is 2.42. The maximum absolute atomic E-state index is 12.2. The second-order valence-corrected chi connectivity index (χ2v) is 6.67. The molecule has 0 heterocycles. The van der Waals surface area contributed by atoms with E-state index in [1.165, 1.54) is 37.8 Å². The van der Waals surface area contributed by atoms with Crippen molar-refractivity contribution in [3.63, 3.8) is 0 Å². The largest absolute Gasteiger partial charge is 0.506 e. The molecule has 2 saturated carbocycles. The van der Waals surface area contributed by atoms with Gasteiger partial charge in [-0.3, -0.25) is 4.79 Å². The fourth-order valence-electron chi connectivity index (χ4n) is 3.95. The quantitative estimate of drug-likeness (QED) is 0.894. The van der Waals surface area contributed by atoms with E-state index in [-0.39, 0.29) is 22.7 Å². The highest BCUT2D eigenvalue weighted by atomic mass is 35.5. The Morgan fingerprint density at radius 2 is 2.20 bits per heavy atom. The molecule has 3 rings (SSSR count). The second kappa shape index (κ2) is 5.28. The zero-order valence-corrected chi connectivity index (χ0v) is 12.4. The van der Waals surface area contributed by atoms with Crippen LogP contribution in [0, 0.1) is 17.8 Å². The van der Waals surface area contributed by atoms with Crippen LogP contribution in [0.5, 0.6) is 5.75 Å². The van der Waals surface area contributed by atoms with E-state index in [1.54, 1.807) is 6.07 Å². The molecule has 4 heteroatoms. The van der Waals surface area contributed by atoms with Gasteiger partial charge in [0.1, 0.15) is 5.75 Å². The van der Waals surface area contributed by atoms with Crippen molar-refractivity contribution in [3.05, 3.63) is 28.8 Å². The summed E-state index contributed by atoms with van der Waals surface area (Å²) in [5.74, 6) is 2.18. The Bertz CT molecular complexity index is 531. The van der Waals surface area contributed by atoms with E-state index in [0.717, 1.165) is 11.8 Å². The van der Waals surface area contributed by atoms with Crippen LogP contribution in [-0.2, 0) is 0 Å². The Balaban J connectivity index is 1.65. The smallest absolute Gasteiger partial charge is 0.251 e. The molecular formula is C16H20ClNO2. The number of phenolic OH excluding ortho intramolecular Hbond substituents is 1. The zero-order valence-electron chi connectivity index (χ0n) is 11.6. The van der Waals surface area contributed by atoms with Crippen molar-refractivity contribution in [1.29, 1.82) is 0 Å². The molecule has 2 bridgehead atoms. The van der Waals surface area contributed by atoms with Gasteiger partial charge in [0.25, 0.3) is 5.91 Å². The van der Waals surface area contributed by atoms with Crippen LogP contribution in [0.1, 0.15) is 43.0 Å². The number of phenols is 1. The number of benzene rings is 1. The van der Waals surface area contributed by atoms with Crippen molar-refractivity contribution in [2.75, 3.05) is 0 Å². The lowest BCUT2D eigenvalue weighted by atomic mass is 9.84. The lowest BCUT2D eigenvalue weighted by Crippen LogP contribution is -2.40. The van der Waals surface area contributed by atoms with Crippen molar-refractivity contribution in [2.45, 2.75) is 38.6 Å². The molecule has 108 valence electrons. The molecule has 2 aliphatic rings. The molecule has 1 amide bonds. The zero-order chi connectivity index (χ0) is 14.3. The average molecular weight is 294 g/mol. The third-order valence-electron chi connectivity index (χ3n) is 5.00. The molecule has 0 saturated heterocycles. The molecule has 1 aromatic carbocycles. The molecule has 4 unspecified atom stereocenters. The Morgan fingerprint density at radius 1 is 1.40 bits per heavy atom. The third kappa shape index (κ3) is 2.51. The molecule has 20 heavy (non-hydrogen) atoms. The minimum Gasteiger partial charge on any atom is -0.506 e. The fourth-order valence-corrected chi connectivity index (χ4v) is 4.13. The normalized spacial score (nSPS) is 29.4. The van der Waals surface area contributed by atoms with Crippen molar-refractivity contribution in [1.82, 2.24) is 5.32 Å². The SMILES string of the molecule is CC(NC(=O)c1ccc(O)c(Cl)c1)C1CC2CCC1C2. The molecule has 2 N–H and O–H groups in total. The van der Waals surface area contributed by atoms with Crippen LogP contribution < -0.4 is 5.32 Å². The van der Waals surface area contributed by atoms with Crippen LogP contribution in [0.15, 0.2) is 18.2 Å². The number of halogens is 1. The molecule has 2 aliphatic carbocycles. The number of amides is 1. The van der Waals surface area contributed by atoms with E-state index in [2.05, 4.69) is 12.2 Å². The van der Waals surface area contributed by atoms with E-state index in [0.29, 0.717) is 11.5 Å². The maximum atomic E-state index is 12.2. The molecule has 2 fully saturated rings. The summed E-state index contributed by atoms with van der Waals surface area (Å²) in [6.45, 7) is 2.10. The van der Waals surface area contributed by atoms with Crippen molar-refractivity contribution < 1.29 is 9.90 Å². The molecule has 0 aromatic heterocycles. The number of aromatic hydroxyl groups is 1. The summed E-state index contributed by atoms with van der Waals surface area (Å²) in [5.41, 5.74) is 0.503. The van der Waals surface area contributed by atoms with E-state index in [4.69, 9.17) is 11.6 Å². The Hall–Kier alpha value is -1.22. The monoisotopic (exact) mass is 293 g/mol. The highest BCUT2D eigenvalue weighted by Crippen LogP contribution is 2.49. The molecule has 1 aromatic rings. The predicted octanol–water partition coefficient (Wildman–Crippen LogP) is 3.60. The first kappa shape index (κ1) is 13.7. The van der Waals surface area contributed by atoms with Crippen LogP contribution in [0.3, 0.4) is 0 Å². The van der Waals surface area contributed by atoms with E-state index in [1.807, 2.05) is 0 Å². The van der Waals surface area contributed by atoms with Gasteiger partial charge in [-0.05, 0) is 62.1 Å². The first-order valence-electron chi connectivity index (χ1n) is 7.34. The highest BCUT2D eigenvalue weighted by molar-refractivity contribution is 6.32. The first-order chi connectivity index (χ1) is 9.54. The van der Waals surface area contributed by atoms with Gasteiger partial charge in [0.2, 0.25) is 0 Å². The summed E-state index contributed by atoms with van der Waals surface area (Å²) >= 11 is 5.84. The number of carbonyl (C=O) groups excluding carboxylic acids is 1. The molecule has 4 atom stereocenters. The summed E-state index contributed by atoms with van der Waals surface area (Å²) in [5, 5.41) is 12.7. The van der Waals surface area contributed by atoms with Crippen LogP contribution in [-0.4, -0.2) is 17.1 Å². The van der Waals surface area contributed by atoms with Crippen molar-refractivity contribution in [3.8, 4) is 5.75 Å². The lowest BCUT2D eigenvalue weighted by Gasteiger charge is -2.28. The topological polar surface area (TPSA) is 49.3 Å². The number of hydrogen-bond acceptors (Lipinski definition) is 2. The predicted molar refractivity (Wildman–Crippen MR) is 79.0 cm³/mol. The Morgan fingerprint density at radius 3 is 2.80 bits per heavy atom. The molecule has 3 nitrogen and oxygen atoms in total. The van der Waals surface area contributed by atoms with Gasteiger partial charge in [-0.25, -0.2) is 0 Å². The van der Waals surface area contributed by atoms with Crippen molar-refractivity contribution in [2.24, 2.45) is 17.8 Å². The summed E-state index contributed by atoms with van der Waals surface area (Å²) in [7, 11) is 0. The van der Waals surface area contributed by atoms with Gasteiger partial charge < -0.3 is 10.4 Å². The van der Waals surface area contributed by atoms with E-state index in [9.17, 15) is 9.90 Å². The summed E-state index contributed by atoms with van der Waals surface area (Å²) < 4.78 is 0. The minimum absolute atomic E-state index is 0.00404. The standard InChI is InChI=1S/C16H20ClNO2/c1-9(13-7-10-2-3-11(13)6-10)18-16(20)12-4-5-15(19)14(17)8-12/h4-5,8-11,13,19H,2-3,6-7H2,1H3,(H,18,20). The number of nitrogens with one attached hydrogen (secondary N) is 1. The first-order valence-corrected chi connectivity index (χ1v) is 7.71. The number of hydrogen-bond donors (Lipinski definition) is 2. The van der Waals surface area contributed by atoms with Gasteiger partial charge in [0.15, 0.2) is 0 Å². The number of fused-ring (bicyclic) bond motifs is 2. The molecule has 0 spiro atoms. The third-order valence-corrected chi connectivity index (χ3v) is 5.31. The summed E-state index contributed by atoms with van der Waals surface area (Å²) in [6, 6.07) is 4.77. The van der Waals surface area contributed by atoms with Crippen LogP contribution in [0.25, 0.3) is 0 Å². The fraction of sp³-hybridized carbons (Fsp3) is 0.562. The Labute approximate surface area is 124 Å². The molecule has 0 aliphatic heterocycles. The van der Waals surface area contributed by atoms with Gasteiger partial charge in [-0.2, -0.15) is 0 Å². The van der Waals surface area contributed by atoms with Crippen LogP contribution >= 0.6 is 11.6 Å². The Kier molecular flexibility index (Phi) is 3.63. The summed E-state index contributed by atoms with van der Waals surface area (Å²) in [6.07, 6.45) is 5.29. The van der Waals surface area contributed by atoms with Gasteiger partial charge in [-0.1, -0.05) is 18.0 Å². The second-order valence-electron chi connectivity index (χ2n) is 6.27. The van der Waals surface area contributed by atoms with E-state index >= 15 is 0 Å². The average Bonchev–Trinajstić information content (AvgIpc) is 3.04. The van der Waals surface area contributed by atoms with Gasteiger partial charge >= 0.3 is 0 Å². The lowest BCUT2D eigenvalue weighted by molar-refractivity contribution is 0.0915.